The Kier molecular flexibility index (Phi) is 4.16. The molecule has 18 heavy (non-hydrogen) atoms. The highest BCUT2D eigenvalue weighted by molar-refractivity contribution is 6.33. The Labute approximate surface area is 111 Å². The molecule has 1 atom stereocenters. The van der Waals surface area contributed by atoms with Crippen LogP contribution >= 0.6 is 11.6 Å². The van der Waals surface area contributed by atoms with Gasteiger partial charge in [0.25, 0.3) is 0 Å². The lowest BCUT2D eigenvalue weighted by atomic mass is 10.1. The van der Waals surface area contributed by atoms with E-state index in [9.17, 15) is 5.11 Å². The zero-order chi connectivity index (χ0) is 13.1. The first-order chi connectivity index (χ1) is 8.69. The topological polar surface area (TPSA) is 60.0 Å². The molecule has 0 saturated heterocycles. The van der Waals surface area contributed by atoms with Gasteiger partial charge < -0.3 is 24.6 Å². The lowest BCUT2D eigenvalue weighted by molar-refractivity contribution is 0.145. The highest BCUT2D eigenvalue weighted by atomic mass is 35.5. The quantitative estimate of drug-likeness (QED) is 0.868. The number of aliphatic hydroxyl groups is 1. The van der Waals surface area contributed by atoms with E-state index in [0.29, 0.717) is 47.6 Å². The van der Waals surface area contributed by atoms with E-state index in [1.807, 2.05) is 0 Å². The molecule has 100 valence electrons. The fourth-order valence-electron chi connectivity index (χ4n) is 1.91. The zero-order valence-electron chi connectivity index (χ0n) is 10.3. The van der Waals surface area contributed by atoms with Crippen LogP contribution in [0.3, 0.4) is 0 Å². The van der Waals surface area contributed by atoms with Gasteiger partial charge in [0.05, 0.1) is 23.8 Å². The molecular formula is C12H16ClNO4. The van der Waals surface area contributed by atoms with Gasteiger partial charge in [-0.25, -0.2) is 0 Å². The predicted molar refractivity (Wildman–Crippen MR) is 67.9 cm³/mol. The number of hydrogen-bond donors (Lipinski definition) is 2. The molecule has 1 aliphatic heterocycles. The molecule has 0 spiro atoms. The van der Waals surface area contributed by atoms with Crippen molar-refractivity contribution in [2.45, 2.75) is 6.10 Å². The molecule has 1 aromatic carbocycles. The third-order valence-corrected chi connectivity index (χ3v) is 3.11. The van der Waals surface area contributed by atoms with Crippen molar-refractivity contribution in [2.24, 2.45) is 0 Å². The Bertz CT molecular complexity index is 439. The van der Waals surface area contributed by atoms with E-state index in [0.717, 1.165) is 0 Å². The van der Waals surface area contributed by atoms with Crippen molar-refractivity contribution < 1.29 is 19.3 Å². The number of halogens is 1. The van der Waals surface area contributed by atoms with Crippen LogP contribution in [0.15, 0.2) is 6.07 Å². The molecule has 6 heteroatoms. The van der Waals surface area contributed by atoms with Crippen LogP contribution in [0.1, 0.15) is 11.7 Å². The lowest BCUT2D eigenvalue weighted by Crippen LogP contribution is -2.21. The monoisotopic (exact) mass is 273 g/mol. The SMILES string of the molecule is CNCC(O)c1c(Cl)c(OC)cc2c1OCCO2. The normalized spacial score (nSPS) is 15.3. The molecule has 0 amide bonds. The fourth-order valence-corrected chi connectivity index (χ4v) is 2.25. The van der Waals surface area contributed by atoms with Crippen LogP contribution in [0, 0.1) is 0 Å². The molecule has 1 aromatic rings. The van der Waals surface area contributed by atoms with E-state index in [1.54, 1.807) is 13.1 Å². The summed E-state index contributed by atoms with van der Waals surface area (Å²) in [6.45, 7) is 1.27. The number of fused-ring (bicyclic) bond motifs is 1. The number of nitrogens with one attached hydrogen (secondary N) is 1. The minimum absolute atomic E-state index is 0.351. The Morgan fingerprint density at radius 1 is 1.50 bits per heavy atom. The Morgan fingerprint density at radius 3 is 2.89 bits per heavy atom. The first-order valence-electron chi connectivity index (χ1n) is 5.67. The summed E-state index contributed by atoms with van der Waals surface area (Å²) in [7, 11) is 3.27. The van der Waals surface area contributed by atoms with Gasteiger partial charge in [0, 0.05) is 12.6 Å². The maximum absolute atomic E-state index is 10.1. The van der Waals surface area contributed by atoms with E-state index in [-0.39, 0.29) is 0 Å². The van der Waals surface area contributed by atoms with Crippen LogP contribution in [-0.2, 0) is 0 Å². The van der Waals surface area contributed by atoms with Gasteiger partial charge in [0.15, 0.2) is 11.5 Å². The Balaban J connectivity index is 2.52. The molecular weight excluding hydrogens is 258 g/mol. The van der Waals surface area contributed by atoms with Crippen molar-refractivity contribution >= 4 is 11.6 Å². The van der Waals surface area contributed by atoms with Gasteiger partial charge in [-0.15, -0.1) is 0 Å². The molecule has 5 nitrogen and oxygen atoms in total. The number of likely N-dealkylation sites (N-methyl/N-ethyl adjacent to an activating group) is 1. The number of methoxy groups -OCH3 is 1. The van der Waals surface area contributed by atoms with Crippen LogP contribution in [-0.4, -0.2) is 39.0 Å². The van der Waals surface area contributed by atoms with Gasteiger partial charge in [-0.2, -0.15) is 0 Å². The smallest absolute Gasteiger partial charge is 0.168 e. The zero-order valence-corrected chi connectivity index (χ0v) is 11.1. The van der Waals surface area contributed by atoms with Gasteiger partial charge in [-0.1, -0.05) is 11.6 Å². The molecule has 0 bridgehead atoms. The third-order valence-electron chi connectivity index (χ3n) is 2.72. The van der Waals surface area contributed by atoms with Crippen LogP contribution in [0.5, 0.6) is 17.2 Å². The highest BCUT2D eigenvalue weighted by Gasteiger charge is 2.26. The highest BCUT2D eigenvalue weighted by Crippen LogP contribution is 2.46. The third kappa shape index (κ3) is 2.34. The second kappa shape index (κ2) is 5.65. The van der Waals surface area contributed by atoms with Crippen molar-refractivity contribution in [2.75, 3.05) is 33.9 Å². The average molecular weight is 274 g/mol. The molecule has 0 aliphatic carbocycles. The van der Waals surface area contributed by atoms with E-state index < -0.39 is 6.10 Å². The number of hydrogen-bond acceptors (Lipinski definition) is 5. The van der Waals surface area contributed by atoms with Crippen molar-refractivity contribution in [3.8, 4) is 17.2 Å². The van der Waals surface area contributed by atoms with E-state index >= 15 is 0 Å². The number of rotatable bonds is 4. The molecule has 2 N–H and O–H groups in total. The number of aliphatic hydroxyl groups excluding tert-OH is 1. The fraction of sp³-hybridized carbons (Fsp3) is 0.500. The summed E-state index contributed by atoms with van der Waals surface area (Å²) in [5.74, 6) is 1.51. The number of ether oxygens (including phenoxy) is 3. The Morgan fingerprint density at radius 2 is 2.22 bits per heavy atom. The van der Waals surface area contributed by atoms with Gasteiger partial charge in [0.2, 0.25) is 0 Å². The van der Waals surface area contributed by atoms with Crippen molar-refractivity contribution in [1.29, 1.82) is 0 Å². The van der Waals surface area contributed by atoms with Crippen molar-refractivity contribution in [1.82, 2.24) is 5.32 Å². The van der Waals surface area contributed by atoms with E-state index in [4.69, 9.17) is 25.8 Å². The van der Waals surface area contributed by atoms with Crippen LogP contribution in [0.2, 0.25) is 5.02 Å². The summed E-state index contributed by atoms with van der Waals surface area (Å²) < 4.78 is 16.2. The molecule has 1 unspecified atom stereocenters. The summed E-state index contributed by atoms with van der Waals surface area (Å²) in [6, 6.07) is 1.67. The van der Waals surface area contributed by atoms with Gasteiger partial charge in [-0.05, 0) is 7.05 Å². The van der Waals surface area contributed by atoms with Crippen molar-refractivity contribution in [3.05, 3.63) is 16.7 Å². The summed E-state index contributed by atoms with van der Waals surface area (Å²) >= 11 is 6.23. The second-order valence-corrected chi connectivity index (χ2v) is 4.28. The summed E-state index contributed by atoms with van der Waals surface area (Å²) in [5.41, 5.74) is 0.500. The predicted octanol–water partition coefficient (Wildman–Crippen LogP) is 1.37. The van der Waals surface area contributed by atoms with E-state index in [2.05, 4.69) is 5.32 Å². The van der Waals surface area contributed by atoms with Crippen LogP contribution in [0.25, 0.3) is 0 Å². The summed E-state index contributed by atoms with van der Waals surface area (Å²) in [4.78, 5) is 0. The van der Waals surface area contributed by atoms with Crippen molar-refractivity contribution in [3.63, 3.8) is 0 Å². The molecule has 0 radical (unpaired) electrons. The molecule has 2 rings (SSSR count). The first kappa shape index (κ1) is 13.3. The summed E-state index contributed by atoms with van der Waals surface area (Å²) in [6.07, 6.45) is -0.784. The maximum atomic E-state index is 10.1. The minimum atomic E-state index is -0.784. The molecule has 1 heterocycles. The minimum Gasteiger partial charge on any atom is -0.495 e. The molecule has 0 fully saturated rings. The van der Waals surface area contributed by atoms with Gasteiger partial charge in [-0.3, -0.25) is 0 Å². The molecule has 0 aromatic heterocycles. The van der Waals surface area contributed by atoms with E-state index in [1.165, 1.54) is 7.11 Å². The number of benzene rings is 1. The largest absolute Gasteiger partial charge is 0.495 e. The summed E-state index contributed by atoms with van der Waals surface area (Å²) in [5, 5.41) is 13.4. The van der Waals surface area contributed by atoms with Crippen LogP contribution < -0.4 is 19.5 Å². The lowest BCUT2D eigenvalue weighted by Gasteiger charge is -2.25. The average Bonchev–Trinajstić information content (AvgIpc) is 2.38. The second-order valence-electron chi connectivity index (χ2n) is 3.90. The first-order valence-corrected chi connectivity index (χ1v) is 6.05. The standard InChI is InChI=1S/C12H16ClNO4/c1-14-6-7(15)10-11(13)8(16-2)5-9-12(10)18-4-3-17-9/h5,7,14-15H,3-4,6H2,1-2H3. The molecule has 1 aliphatic rings. The molecule has 0 saturated carbocycles. The van der Waals surface area contributed by atoms with Gasteiger partial charge >= 0.3 is 0 Å². The van der Waals surface area contributed by atoms with Crippen LogP contribution in [0.4, 0.5) is 0 Å². The Hall–Kier alpha value is -1.17. The maximum Gasteiger partial charge on any atom is 0.168 e. The van der Waals surface area contributed by atoms with Gasteiger partial charge in [0.1, 0.15) is 19.0 Å².